The maximum absolute atomic E-state index is 12.7. The number of esters is 1. The van der Waals surface area contributed by atoms with Gasteiger partial charge in [0.1, 0.15) is 17.5 Å². The zero-order chi connectivity index (χ0) is 28.0. The molecule has 38 heavy (non-hydrogen) atoms. The Morgan fingerprint density at radius 3 is 2.29 bits per heavy atom. The van der Waals surface area contributed by atoms with Gasteiger partial charge in [0.05, 0.1) is 21.4 Å². The first-order valence-corrected chi connectivity index (χ1v) is 13.0. The van der Waals surface area contributed by atoms with Gasteiger partial charge in [0.25, 0.3) is 0 Å². The van der Waals surface area contributed by atoms with Crippen LogP contribution in [0.3, 0.4) is 0 Å². The van der Waals surface area contributed by atoms with Gasteiger partial charge in [-0.05, 0) is 86.6 Å². The van der Waals surface area contributed by atoms with Crippen molar-refractivity contribution in [2.45, 2.75) is 25.1 Å². The van der Waals surface area contributed by atoms with Gasteiger partial charge < -0.3 is 24.6 Å². The maximum Gasteiger partial charge on any atom is 0.471 e. The zero-order valence-electron chi connectivity index (χ0n) is 19.9. The summed E-state index contributed by atoms with van der Waals surface area (Å²) in [6, 6.07) is 10.1. The summed E-state index contributed by atoms with van der Waals surface area (Å²) in [5.74, 6) is -1.74. The van der Waals surface area contributed by atoms with Gasteiger partial charge in [-0.1, -0.05) is 6.07 Å². The fourth-order valence-electron chi connectivity index (χ4n) is 3.38. The highest BCUT2D eigenvalue weighted by Crippen LogP contribution is 2.35. The quantitative estimate of drug-likeness (QED) is 0.230. The number of phenols is 1. The number of nitrogens with one attached hydrogen (secondary N) is 1. The van der Waals surface area contributed by atoms with Crippen LogP contribution in [-0.2, 0) is 27.2 Å². The average molecular weight is 756 g/mol. The van der Waals surface area contributed by atoms with E-state index in [0.717, 1.165) is 12.7 Å². The van der Waals surface area contributed by atoms with E-state index in [0.29, 0.717) is 42.1 Å². The molecule has 1 aromatic heterocycles. The largest absolute Gasteiger partial charge is 0.508 e. The Bertz CT molecular complexity index is 1300. The Hall–Kier alpha value is -2.82. The number of carbonyl (C=O) groups is 2. The minimum absolute atomic E-state index is 0.0858. The second-order valence-electron chi connectivity index (χ2n) is 7.92. The Morgan fingerprint density at radius 2 is 1.74 bits per heavy atom. The van der Waals surface area contributed by atoms with Crippen LogP contribution in [0, 0.1) is 7.14 Å². The van der Waals surface area contributed by atoms with Crippen LogP contribution >= 0.6 is 45.2 Å². The lowest BCUT2D eigenvalue weighted by molar-refractivity contribution is -0.175. The molecular formula is C25H21F3I2N2O6. The molecular weight excluding hydrogens is 735 g/mol. The fourth-order valence-corrected chi connectivity index (χ4v) is 5.50. The molecule has 202 valence electrons. The summed E-state index contributed by atoms with van der Waals surface area (Å²) >= 11 is 4.02. The molecule has 2 aromatic carbocycles. The van der Waals surface area contributed by atoms with Gasteiger partial charge in [-0.3, -0.25) is 4.79 Å². The third-order valence-electron chi connectivity index (χ3n) is 5.22. The summed E-state index contributed by atoms with van der Waals surface area (Å²) < 4.78 is 55.0. The Morgan fingerprint density at radius 1 is 1.05 bits per heavy atom. The SMILES string of the molecule is COC(=O)[C@H](Cc1cc(I)c(Oc2ccc(O)c(Cc3ccc(OC)nc3)c2)c(I)c1)NC(=O)C(F)(F)F. The lowest BCUT2D eigenvalue weighted by Gasteiger charge is -2.19. The van der Waals surface area contributed by atoms with Gasteiger partial charge in [-0.2, -0.15) is 13.2 Å². The number of nitrogens with zero attached hydrogens (tertiary/aromatic N) is 1. The van der Waals surface area contributed by atoms with Crippen LogP contribution in [0.25, 0.3) is 0 Å². The van der Waals surface area contributed by atoms with Gasteiger partial charge in [0, 0.05) is 30.7 Å². The van der Waals surface area contributed by atoms with Gasteiger partial charge in [-0.15, -0.1) is 0 Å². The van der Waals surface area contributed by atoms with Gasteiger partial charge >= 0.3 is 18.1 Å². The van der Waals surface area contributed by atoms with E-state index >= 15 is 0 Å². The first-order chi connectivity index (χ1) is 17.9. The second-order valence-corrected chi connectivity index (χ2v) is 10.2. The molecule has 3 rings (SSSR count). The van der Waals surface area contributed by atoms with Crippen molar-refractivity contribution < 1.29 is 42.1 Å². The number of ether oxygens (including phenoxy) is 3. The first-order valence-electron chi connectivity index (χ1n) is 10.8. The number of methoxy groups -OCH3 is 2. The van der Waals surface area contributed by atoms with Crippen LogP contribution in [0.1, 0.15) is 16.7 Å². The number of hydrogen-bond acceptors (Lipinski definition) is 7. The predicted molar refractivity (Wildman–Crippen MR) is 147 cm³/mol. The minimum atomic E-state index is -5.14. The van der Waals surface area contributed by atoms with Crippen LogP contribution in [-0.4, -0.2) is 48.4 Å². The number of aromatic hydroxyl groups is 1. The molecule has 0 spiro atoms. The van der Waals surface area contributed by atoms with Crippen molar-refractivity contribution in [3.63, 3.8) is 0 Å². The maximum atomic E-state index is 12.7. The molecule has 0 aliphatic carbocycles. The molecule has 0 saturated carbocycles. The van der Waals surface area contributed by atoms with Crippen LogP contribution in [0.5, 0.6) is 23.1 Å². The predicted octanol–water partition coefficient (Wildman–Crippen LogP) is 5.15. The van der Waals surface area contributed by atoms with Crippen molar-refractivity contribution in [2.75, 3.05) is 14.2 Å². The molecule has 8 nitrogen and oxygen atoms in total. The number of halogens is 5. The number of rotatable bonds is 9. The Balaban J connectivity index is 1.80. The molecule has 0 aliphatic heterocycles. The van der Waals surface area contributed by atoms with Crippen LogP contribution < -0.4 is 14.8 Å². The highest BCUT2D eigenvalue weighted by molar-refractivity contribution is 14.1. The second kappa shape index (κ2) is 12.8. The number of alkyl halides is 3. The molecule has 0 radical (unpaired) electrons. The van der Waals surface area contributed by atoms with Crippen LogP contribution in [0.2, 0.25) is 0 Å². The summed E-state index contributed by atoms with van der Waals surface area (Å²) in [6.07, 6.45) is -3.32. The molecule has 13 heteroatoms. The molecule has 1 amide bonds. The highest BCUT2D eigenvalue weighted by atomic mass is 127. The average Bonchev–Trinajstić information content (AvgIpc) is 2.87. The standard InChI is InChI=1S/C25H21F3I2N2O6/c1-36-21-6-3-13(12-31-21)7-15-11-16(4-5-20(15)33)38-22-17(29)8-14(9-18(22)30)10-19(23(34)37-2)32-24(35)25(26,27)28/h3-6,8-9,11-12,19,33H,7,10H2,1-2H3,(H,32,35)/t19-/m0/s1. The number of benzene rings is 2. The van der Waals surface area contributed by atoms with E-state index in [9.17, 15) is 27.9 Å². The fraction of sp³-hybridized carbons (Fsp3) is 0.240. The van der Waals surface area contributed by atoms with E-state index in [1.165, 1.54) is 13.2 Å². The Kier molecular flexibility index (Phi) is 10.0. The monoisotopic (exact) mass is 756 g/mol. The van der Waals surface area contributed by atoms with Gasteiger partial charge in [0.2, 0.25) is 5.88 Å². The van der Waals surface area contributed by atoms with Crippen LogP contribution in [0.15, 0.2) is 48.7 Å². The molecule has 3 aromatic rings. The molecule has 0 saturated heterocycles. The van der Waals surface area contributed by atoms with Gasteiger partial charge in [-0.25, -0.2) is 9.78 Å². The molecule has 0 bridgehead atoms. The number of aromatic nitrogens is 1. The van der Waals surface area contributed by atoms with E-state index < -0.39 is 24.1 Å². The van der Waals surface area contributed by atoms with Crippen LogP contribution in [0.4, 0.5) is 13.2 Å². The Labute approximate surface area is 243 Å². The summed E-state index contributed by atoms with van der Waals surface area (Å²) in [4.78, 5) is 27.6. The lowest BCUT2D eigenvalue weighted by Crippen LogP contribution is -2.48. The third-order valence-corrected chi connectivity index (χ3v) is 6.82. The molecule has 2 N–H and O–H groups in total. The van der Waals surface area contributed by atoms with Crippen molar-refractivity contribution >= 4 is 57.1 Å². The smallest absolute Gasteiger partial charge is 0.471 e. The molecule has 0 aliphatic rings. The number of carbonyl (C=O) groups excluding carboxylic acids is 2. The van der Waals surface area contributed by atoms with Crippen molar-refractivity contribution in [2.24, 2.45) is 0 Å². The molecule has 0 unspecified atom stereocenters. The topological polar surface area (TPSA) is 107 Å². The number of pyridine rings is 1. The zero-order valence-corrected chi connectivity index (χ0v) is 24.3. The number of phenolic OH excluding ortho intramolecular Hbond substituents is 1. The van der Waals surface area contributed by atoms with E-state index in [4.69, 9.17) is 9.47 Å². The van der Waals surface area contributed by atoms with E-state index in [1.807, 2.05) is 51.2 Å². The van der Waals surface area contributed by atoms with E-state index in [2.05, 4.69) is 9.72 Å². The summed E-state index contributed by atoms with van der Waals surface area (Å²) in [5, 5.41) is 12.0. The van der Waals surface area contributed by atoms with Crippen molar-refractivity contribution in [3.05, 3.63) is 72.5 Å². The molecule has 0 fully saturated rings. The third kappa shape index (κ3) is 7.85. The molecule has 1 atom stereocenters. The molecule has 1 heterocycles. The minimum Gasteiger partial charge on any atom is -0.508 e. The summed E-state index contributed by atoms with van der Waals surface area (Å²) in [6.45, 7) is 0. The lowest BCUT2D eigenvalue weighted by atomic mass is 10.0. The number of hydrogen-bond donors (Lipinski definition) is 2. The highest BCUT2D eigenvalue weighted by Gasteiger charge is 2.41. The van der Waals surface area contributed by atoms with Crippen molar-refractivity contribution in [3.8, 4) is 23.1 Å². The normalized spacial score (nSPS) is 12.0. The first kappa shape index (κ1) is 29.7. The number of amides is 1. The summed E-state index contributed by atoms with van der Waals surface area (Å²) in [5.41, 5.74) is 1.95. The van der Waals surface area contributed by atoms with E-state index in [1.54, 1.807) is 41.8 Å². The van der Waals surface area contributed by atoms with Crippen molar-refractivity contribution in [1.29, 1.82) is 0 Å². The van der Waals surface area contributed by atoms with Crippen molar-refractivity contribution in [1.82, 2.24) is 10.3 Å². The van der Waals surface area contributed by atoms with E-state index in [-0.39, 0.29) is 12.2 Å². The van der Waals surface area contributed by atoms with Gasteiger partial charge in [0.15, 0.2) is 5.75 Å². The summed E-state index contributed by atoms with van der Waals surface area (Å²) in [7, 11) is 2.55.